The van der Waals surface area contributed by atoms with Crippen molar-refractivity contribution < 1.29 is 9.26 Å². The summed E-state index contributed by atoms with van der Waals surface area (Å²) in [6.07, 6.45) is -0.182. The van der Waals surface area contributed by atoms with Gasteiger partial charge in [-0.2, -0.15) is 4.98 Å². The second-order valence-electron chi connectivity index (χ2n) is 5.33. The topological polar surface area (TPSA) is 74.2 Å². The molecule has 5 nitrogen and oxygen atoms in total. The summed E-state index contributed by atoms with van der Waals surface area (Å²) in [6, 6.07) is 0. The summed E-state index contributed by atoms with van der Waals surface area (Å²) >= 11 is 0. The molecule has 0 aliphatic rings. The molecule has 0 radical (unpaired) electrons. The number of nitrogens with two attached hydrogens (primary N) is 1. The average Bonchev–Trinajstić information content (AvgIpc) is 2.64. The third kappa shape index (κ3) is 2.41. The normalized spacial score (nSPS) is 18.2. The first-order chi connectivity index (χ1) is 7.19. The number of aromatic nitrogens is 2. The van der Waals surface area contributed by atoms with Crippen LogP contribution < -0.4 is 5.73 Å². The molecule has 1 heterocycles. The highest BCUT2D eigenvalue weighted by molar-refractivity contribution is 5.08. The fourth-order valence-corrected chi connectivity index (χ4v) is 1.17. The van der Waals surface area contributed by atoms with Crippen molar-refractivity contribution >= 4 is 0 Å². The van der Waals surface area contributed by atoms with Gasteiger partial charge in [-0.15, -0.1) is 0 Å². The molecule has 1 aromatic heterocycles. The van der Waals surface area contributed by atoms with Crippen LogP contribution in [0.3, 0.4) is 0 Å². The zero-order chi connectivity index (χ0) is 12.6. The van der Waals surface area contributed by atoms with Gasteiger partial charge in [0.25, 0.3) is 0 Å². The van der Waals surface area contributed by atoms with E-state index in [0.717, 1.165) is 0 Å². The molecule has 0 aromatic carbocycles. The highest BCUT2D eigenvalue weighted by atomic mass is 16.5. The molecule has 5 heteroatoms. The van der Waals surface area contributed by atoms with Gasteiger partial charge >= 0.3 is 0 Å². The molecule has 0 fully saturated rings. The maximum Gasteiger partial charge on any atom is 0.232 e. The molecule has 16 heavy (non-hydrogen) atoms. The van der Waals surface area contributed by atoms with Crippen LogP contribution in [0.2, 0.25) is 0 Å². The Kier molecular flexibility index (Phi) is 3.40. The minimum Gasteiger partial charge on any atom is -0.379 e. The first-order valence-corrected chi connectivity index (χ1v) is 5.36. The molecule has 1 rings (SSSR count). The molecule has 0 saturated heterocycles. The number of rotatable bonds is 3. The van der Waals surface area contributed by atoms with E-state index >= 15 is 0 Å². The smallest absolute Gasteiger partial charge is 0.232 e. The summed E-state index contributed by atoms with van der Waals surface area (Å²) in [5.74, 6) is 1.06. The molecule has 0 saturated carbocycles. The van der Waals surface area contributed by atoms with Gasteiger partial charge in [-0.05, 0) is 13.8 Å². The lowest BCUT2D eigenvalue weighted by atomic mass is 9.95. The van der Waals surface area contributed by atoms with Crippen LogP contribution >= 0.6 is 0 Å². The van der Waals surface area contributed by atoms with Crippen molar-refractivity contribution in [2.45, 2.75) is 51.7 Å². The van der Waals surface area contributed by atoms with Crippen molar-refractivity contribution in [1.29, 1.82) is 0 Å². The summed E-state index contributed by atoms with van der Waals surface area (Å²) in [5.41, 5.74) is 5.22. The largest absolute Gasteiger partial charge is 0.379 e. The van der Waals surface area contributed by atoms with Crippen LogP contribution in [0.5, 0.6) is 0 Å². The average molecular weight is 227 g/mol. The molecule has 1 aromatic rings. The standard InChI is InChI=1S/C11H21N3O2/c1-7(15-6)11(5,12)8-13-9(16-14-8)10(2,3)4/h7H,12H2,1-6H3. The summed E-state index contributed by atoms with van der Waals surface area (Å²) in [5, 5.41) is 3.93. The third-order valence-electron chi connectivity index (χ3n) is 2.75. The first kappa shape index (κ1) is 13.1. The Balaban J connectivity index is 3.02. The van der Waals surface area contributed by atoms with Gasteiger partial charge in [0, 0.05) is 12.5 Å². The Labute approximate surface area is 96.4 Å². The molecule has 2 N–H and O–H groups in total. The molecule has 0 spiro atoms. The van der Waals surface area contributed by atoms with Gasteiger partial charge in [-0.1, -0.05) is 25.9 Å². The van der Waals surface area contributed by atoms with Crippen molar-refractivity contribution in [2.24, 2.45) is 5.73 Å². The first-order valence-electron chi connectivity index (χ1n) is 5.36. The molecule has 0 aliphatic heterocycles. The van der Waals surface area contributed by atoms with Crippen LogP contribution in [0.4, 0.5) is 0 Å². The van der Waals surface area contributed by atoms with E-state index in [2.05, 4.69) is 10.1 Å². The van der Waals surface area contributed by atoms with E-state index in [1.807, 2.05) is 34.6 Å². The lowest BCUT2D eigenvalue weighted by Crippen LogP contribution is -2.45. The van der Waals surface area contributed by atoms with Crippen molar-refractivity contribution in [3.05, 3.63) is 11.7 Å². The predicted molar refractivity (Wildman–Crippen MR) is 61.0 cm³/mol. The Morgan fingerprint density at radius 3 is 2.25 bits per heavy atom. The Bertz CT molecular complexity index is 352. The van der Waals surface area contributed by atoms with Gasteiger partial charge in [-0.3, -0.25) is 0 Å². The highest BCUT2D eigenvalue weighted by Crippen LogP contribution is 2.25. The zero-order valence-electron chi connectivity index (χ0n) is 10.9. The quantitative estimate of drug-likeness (QED) is 0.848. The van der Waals surface area contributed by atoms with Crippen molar-refractivity contribution in [3.63, 3.8) is 0 Å². The van der Waals surface area contributed by atoms with Crippen molar-refractivity contribution in [1.82, 2.24) is 10.1 Å². The van der Waals surface area contributed by atoms with Crippen LogP contribution in [-0.2, 0) is 15.7 Å². The molecule has 2 atom stereocenters. The lowest BCUT2D eigenvalue weighted by Gasteiger charge is -2.26. The number of ether oxygens (including phenoxy) is 1. The Morgan fingerprint density at radius 1 is 1.31 bits per heavy atom. The minimum atomic E-state index is -0.748. The second-order valence-corrected chi connectivity index (χ2v) is 5.33. The van der Waals surface area contributed by atoms with E-state index in [9.17, 15) is 0 Å². The van der Waals surface area contributed by atoms with E-state index < -0.39 is 5.54 Å². The van der Waals surface area contributed by atoms with Crippen molar-refractivity contribution in [3.8, 4) is 0 Å². The van der Waals surface area contributed by atoms with Crippen LogP contribution in [-0.4, -0.2) is 23.4 Å². The van der Waals surface area contributed by atoms with Gasteiger partial charge in [0.2, 0.25) is 5.89 Å². The Hall–Kier alpha value is -0.940. The molecular weight excluding hydrogens is 206 g/mol. The van der Waals surface area contributed by atoms with Gasteiger partial charge in [0.15, 0.2) is 5.82 Å². The van der Waals surface area contributed by atoms with Gasteiger partial charge in [-0.25, -0.2) is 0 Å². The fraction of sp³-hybridized carbons (Fsp3) is 0.818. The summed E-state index contributed by atoms with van der Waals surface area (Å²) in [7, 11) is 1.61. The van der Waals surface area contributed by atoms with E-state index in [1.165, 1.54) is 0 Å². The maximum absolute atomic E-state index is 6.14. The monoisotopic (exact) mass is 227 g/mol. The van der Waals surface area contributed by atoms with Gasteiger partial charge in [0.05, 0.1) is 6.10 Å². The van der Waals surface area contributed by atoms with E-state index in [-0.39, 0.29) is 11.5 Å². The van der Waals surface area contributed by atoms with Crippen LogP contribution in [0.25, 0.3) is 0 Å². The minimum absolute atomic E-state index is 0.169. The number of hydrogen-bond acceptors (Lipinski definition) is 5. The van der Waals surface area contributed by atoms with Crippen LogP contribution in [0.15, 0.2) is 4.52 Å². The predicted octanol–water partition coefficient (Wildman–Crippen LogP) is 1.58. The Morgan fingerprint density at radius 2 is 1.88 bits per heavy atom. The molecule has 2 unspecified atom stereocenters. The maximum atomic E-state index is 6.14. The van der Waals surface area contributed by atoms with E-state index in [1.54, 1.807) is 7.11 Å². The molecule has 0 aliphatic carbocycles. The summed E-state index contributed by atoms with van der Waals surface area (Å²) < 4.78 is 10.4. The fourth-order valence-electron chi connectivity index (χ4n) is 1.17. The number of methoxy groups -OCH3 is 1. The van der Waals surface area contributed by atoms with Crippen LogP contribution in [0, 0.1) is 0 Å². The number of nitrogens with zero attached hydrogens (tertiary/aromatic N) is 2. The summed E-state index contributed by atoms with van der Waals surface area (Å²) in [4.78, 5) is 4.34. The van der Waals surface area contributed by atoms with Gasteiger partial charge in [0.1, 0.15) is 5.54 Å². The molecular formula is C11H21N3O2. The highest BCUT2D eigenvalue weighted by Gasteiger charge is 2.35. The molecule has 92 valence electrons. The molecule has 0 bridgehead atoms. The van der Waals surface area contributed by atoms with Gasteiger partial charge < -0.3 is 15.0 Å². The summed E-state index contributed by atoms with van der Waals surface area (Å²) in [6.45, 7) is 9.75. The van der Waals surface area contributed by atoms with Crippen molar-refractivity contribution in [2.75, 3.05) is 7.11 Å². The molecule has 0 amide bonds. The van der Waals surface area contributed by atoms with E-state index in [4.69, 9.17) is 15.0 Å². The lowest BCUT2D eigenvalue weighted by molar-refractivity contribution is 0.0505. The number of hydrogen-bond donors (Lipinski definition) is 1. The van der Waals surface area contributed by atoms with Crippen LogP contribution in [0.1, 0.15) is 46.3 Å². The SMILES string of the molecule is COC(C)C(C)(N)c1noc(C(C)(C)C)n1. The zero-order valence-corrected chi connectivity index (χ0v) is 10.9. The second kappa shape index (κ2) is 4.14. The van der Waals surface area contributed by atoms with E-state index in [0.29, 0.717) is 11.7 Å². The third-order valence-corrected chi connectivity index (χ3v) is 2.75.